The zero-order valence-electron chi connectivity index (χ0n) is 9.08. The van der Waals surface area contributed by atoms with E-state index < -0.39 is 0 Å². The molecular formula is C11H18N2S. The monoisotopic (exact) mass is 210 g/mol. The van der Waals surface area contributed by atoms with Crippen LogP contribution in [0.4, 0.5) is 0 Å². The van der Waals surface area contributed by atoms with E-state index in [1.807, 2.05) is 31.2 Å². The fourth-order valence-corrected chi connectivity index (χ4v) is 1.95. The van der Waals surface area contributed by atoms with Crippen molar-refractivity contribution >= 4 is 11.8 Å². The molecule has 0 radical (unpaired) electrons. The molecule has 1 aromatic heterocycles. The van der Waals surface area contributed by atoms with Crippen LogP contribution in [0.15, 0.2) is 18.5 Å². The Kier molecular flexibility index (Phi) is 4.98. The summed E-state index contributed by atoms with van der Waals surface area (Å²) < 4.78 is 0. The highest BCUT2D eigenvalue weighted by Crippen LogP contribution is 2.17. The van der Waals surface area contributed by atoms with E-state index in [0.717, 1.165) is 6.42 Å². The predicted molar refractivity (Wildman–Crippen MR) is 63.8 cm³/mol. The molecule has 0 saturated carbocycles. The number of nitrogens with one attached hydrogen (secondary N) is 1. The van der Waals surface area contributed by atoms with Crippen LogP contribution in [0.5, 0.6) is 0 Å². The van der Waals surface area contributed by atoms with Gasteiger partial charge in [0.2, 0.25) is 0 Å². The lowest BCUT2D eigenvalue weighted by Gasteiger charge is -2.15. The number of hydrogen-bond donors (Lipinski definition) is 1. The first-order valence-corrected chi connectivity index (χ1v) is 6.25. The Balaban J connectivity index is 2.68. The van der Waals surface area contributed by atoms with E-state index in [1.54, 1.807) is 0 Å². The van der Waals surface area contributed by atoms with E-state index in [9.17, 15) is 0 Å². The van der Waals surface area contributed by atoms with Gasteiger partial charge in [0.1, 0.15) is 0 Å². The molecule has 0 aromatic carbocycles. The first kappa shape index (κ1) is 11.5. The van der Waals surface area contributed by atoms with Gasteiger partial charge < -0.3 is 5.32 Å². The molecule has 78 valence electrons. The van der Waals surface area contributed by atoms with Crippen molar-refractivity contribution in [3.05, 3.63) is 29.6 Å². The summed E-state index contributed by atoms with van der Waals surface area (Å²) >= 11 is 1.88. The van der Waals surface area contributed by atoms with Gasteiger partial charge in [-0.25, -0.2) is 0 Å². The number of aromatic nitrogens is 1. The molecule has 0 aliphatic rings. The third-order valence-corrected chi connectivity index (χ3v) is 2.90. The highest BCUT2D eigenvalue weighted by molar-refractivity contribution is 7.98. The van der Waals surface area contributed by atoms with Crippen LogP contribution in [0.3, 0.4) is 0 Å². The molecule has 0 amide bonds. The van der Waals surface area contributed by atoms with Crippen LogP contribution in [-0.2, 0) is 0 Å². The minimum atomic E-state index is 0.440. The van der Waals surface area contributed by atoms with Gasteiger partial charge in [0, 0.05) is 18.4 Å². The van der Waals surface area contributed by atoms with Crippen molar-refractivity contribution in [3.63, 3.8) is 0 Å². The van der Waals surface area contributed by atoms with Gasteiger partial charge >= 0.3 is 0 Å². The van der Waals surface area contributed by atoms with Crippen molar-refractivity contribution in [2.75, 3.05) is 19.1 Å². The normalized spacial score (nSPS) is 12.8. The van der Waals surface area contributed by atoms with Crippen LogP contribution in [0.2, 0.25) is 0 Å². The van der Waals surface area contributed by atoms with Gasteiger partial charge in [0.15, 0.2) is 0 Å². The molecule has 2 nitrogen and oxygen atoms in total. The van der Waals surface area contributed by atoms with Gasteiger partial charge in [0.25, 0.3) is 0 Å². The topological polar surface area (TPSA) is 24.9 Å². The summed E-state index contributed by atoms with van der Waals surface area (Å²) in [5.74, 6) is 1.18. The fourth-order valence-electron chi connectivity index (χ4n) is 1.48. The SMILES string of the molecule is CNC(CCSC)c1cncc(C)c1. The molecule has 1 aromatic rings. The Morgan fingerprint density at radius 3 is 2.86 bits per heavy atom. The second-order valence-corrected chi connectivity index (χ2v) is 4.40. The summed E-state index contributed by atoms with van der Waals surface area (Å²) in [6.45, 7) is 2.08. The predicted octanol–water partition coefficient (Wildman–Crippen LogP) is 2.40. The Morgan fingerprint density at radius 2 is 2.29 bits per heavy atom. The lowest BCUT2D eigenvalue weighted by atomic mass is 10.1. The second kappa shape index (κ2) is 6.04. The summed E-state index contributed by atoms with van der Waals surface area (Å²) in [7, 11) is 2.01. The molecule has 1 heterocycles. The summed E-state index contributed by atoms with van der Waals surface area (Å²) in [4.78, 5) is 4.21. The number of nitrogens with zero attached hydrogens (tertiary/aromatic N) is 1. The zero-order chi connectivity index (χ0) is 10.4. The molecule has 1 unspecified atom stereocenters. The van der Waals surface area contributed by atoms with Crippen molar-refractivity contribution in [2.45, 2.75) is 19.4 Å². The number of rotatable bonds is 5. The van der Waals surface area contributed by atoms with E-state index in [1.165, 1.54) is 16.9 Å². The maximum absolute atomic E-state index is 4.21. The third-order valence-electron chi connectivity index (χ3n) is 2.26. The Morgan fingerprint density at radius 1 is 1.50 bits per heavy atom. The molecule has 0 aliphatic heterocycles. The summed E-state index contributed by atoms with van der Waals surface area (Å²) in [5, 5.41) is 3.33. The summed E-state index contributed by atoms with van der Waals surface area (Å²) in [5.41, 5.74) is 2.52. The maximum Gasteiger partial charge on any atom is 0.0340 e. The van der Waals surface area contributed by atoms with E-state index in [0.29, 0.717) is 6.04 Å². The Labute approximate surface area is 90.5 Å². The van der Waals surface area contributed by atoms with Crippen molar-refractivity contribution < 1.29 is 0 Å². The lowest BCUT2D eigenvalue weighted by Crippen LogP contribution is -2.17. The van der Waals surface area contributed by atoms with E-state index in [4.69, 9.17) is 0 Å². The summed E-state index contributed by atoms with van der Waals surface area (Å²) in [6, 6.07) is 2.64. The van der Waals surface area contributed by atoms with Gasteiger partial charge in [-0.15, -0.1) is 0 Å². The quantitative estimate of drug-likeness (QED) is 0.808. The van der Waals surface area contributed by atoms with E-state index in [-0.39, 0.29) is 0 Å². The number of hydrogen-bond acceptors (Lipinski definition) is 3. The highest BCUT2D eigenvalue weighted by atomic mass is 32.2. The summed E-state index contributed by atoms with van der Waals surface area (Å²) in [6.07, 6.45) is 7.14. The van der Waals surface area contributed by atoms with Crippen molar-refractivity contribution in [1.29, 1.82) is 0 Å². The van der Waals surface area contributed by atoms with Gasteiger partial charge in [0.05, 0.1) is 0 Å². The van der Waals surface area contributed by atoms with Crippen molar-refractivity contribution in [1.82, 2.24) is 10.3 Å². The molecule has 0 aliphatic carbocycles. The molecule has 1 N–H and O–H groups in total. The molecule has 1 atom stereocenters. The molecule has 3 heteroatoms. The van der Waals surface area contributed by atoms with Crippen LogP contribution in [0.25, 0.3) is 0 Å². The first-order chi connectivity index (χ1) is 6.77. The zero-order valence-corrected chi connectivity index (χ0v) is 9.90. The minimum Gasteiger partial charge on any atom is -0.313 e. The first-order valence-electron chi connectivity index (χ1n) is 4.85. The fraction of sp³-hybridized carbons (Fsp3) is 0.545. The van der Waals surface area contributed by atoms with Gasteiger partial charge in [-0.05, 0) is 43.5 Å². The second-order valence-electron chi connectivity index (χ2n) is 3.42. The maximum atomic E-state index is 4.21. The van der Waals surface area contributed by atoms with E-state index >= 15 is 0 Å². The minimum absolute atomic E-state index is 0.440. The number of aryl methyl sites for hydroxylation is 1. The average Bonchev–Trinajstić information content (AvgIpc) is 2.19. The smallest absolute Gasteiger partial charge is 0.0340 e. The number of thioether (sulfide) groups is 1. The third kappa shape index (κ3) is 3.31. The molecular weight excluding hydrogens is 192 g/mol. The van der Waals surface area contributed by atoms with Crippen molar-refractivity contribution in [3.8, 4) is 0 Å². The molecule has 1 rings (SSSR count). The van der Waals surface area contributed by atoms with Gasteiger partial charge in [-0.1, -0.05) is 6.07 Å². The van der Waals surface area contributed by atoms with Crippen LogP contribution in [-0.4, -0.2) is 24.0 Å². The molecule has 14 heavy (non-hydrogen) atoms. The Hall–Kier alpha value is -0.540. The standard InChI is InChI=1S/C11H18N2S/c1-9-6-10(8-13-7-9)11(12-2)4-5-14-3/h6-8,11-12H,4-5H2,1-3H3. The molecule has 0 spiro atoms. The average molecular weight is 210 g/mol. The van der Waals surface area contributed by atoms with Crippen LogP contribution < -0.4 is 5.32 Å². The van der Waals surface area contributed by atoms with Crippen LogP contribution in [0, 0.1) is 6.92 Å². The van der Waals surface area contributed by atoms with E-state index in [2.05, 4.69) is 29.5 Å². The highest BCUT2D eigenvalue weighted by Gasteiger charge is 2.08. The Bertz CT molecular complexity index is 276. The van der Waals surface area contributed by atoms with Crippen molar-refractivity contribution in [2.24, 2.45) is 0 Å². The number of pyridine rings is 1. The lowest BCUT2D eigenvalue weighted by molar-refractivity contribution is 0.579. The van der Waals surface area contributed by atoms with Gasteiger partial charge in [-0.2, -0.15) is 11.8 Å². The molecule has 0 saturated heterocycles. The molecule has 0 fully saturated rings. The van der Waals surface area contributed by atoms with Crippen LogP contribution >= 0.6 is 11.8 Å². The largest absolute Gasteiger partial charge is 0.313 e. The van der Waals surface area contributed by atoms with Crippen LogP contribution in [0.1, 0.15) is 23.6 Å². The molecule has 0 bridgehead atoms. The van der Waals surface area contributed by atoms with Gasteiger partial charge in [-0.3, -0.25) is 4.98 Å².